The summed E-state index contributed by atoms with van der Waals surface area (Å²) in [7, 11) is -3.51. The highest BCUT2D eigenvalue weighted by Crippen LogP contribution is 2.29. The van der Waals surface area contributed by atoms with Gasteiger partial charge in [0, 0.05) is 25.2 Å². The first-order valence-corrected chi connectivity index (χ1v) is 11.7. The maximum atomic E-state index is 12.7. The molecule has 8 heteroatoms. The molecule has 0 aromatic heterocycles. The first-order valence-electron chi connectivity index (χ1n) is 9.08. The van der Waals surface area contributed by atoms with Crippen molar-refractivity contribution in [2.75, 3.05) is 28.6 Å². The van der Waals surface area contributed by atoms with Crippen molar-refractivity contribution in [3.05, 3.63) is 58.1 Å². The molecule has 0 unspecified atom stereocenters. The highest BCUT2D eigenvalue weighted by molar-refractivity contribution is 7.92. The number of anilines is 2. The SMILES string of the molecule is CS(=O)(=O)N(CCCC(=O)N1CCCc2ccccc21)c1ccc(Cl)c(Cl)c1. The molecular weight excluding hydrogens is 419 g/mol. The number of sulfonamides is 1. The van der Waals surface area contributed by atoms with Gasteiger partial charge in [-0.15, -0.1) is 0 Å². The Morgan fingerprint density at radius 1 is 1.14 bits per heavy atom. The maximum Gasteiger partial charge on any atom is 0.232 e. The third-order valence-corrected chi connectivity index (χ3v) is 6.69. The second-order valence-electron chi connectivity index (χ2n) is 6.81. The van der Waals surface area contributed by atoms with Crippen LogP contribution < -0.4 is 9.21 Å². The molecule has 0 atom stereocenters. The average molecular weight is 441 g/mol. The van der Waals surface area contributed by atoms with Crippen molar-refractivity contribution < 1.29 is 13.2 Å². The Morgan fingerprint density at radius 3 is 2.61 bits per heavy atom. The lowest BCUT2D eigenvalue weighted by molar-refractivity contribution is -0.118. The van der Waals surface area contributed by atoms with Crippen molar-refractivity contribution in [3.8, 4) is 0 Å². The van der Waals surface area contributed by atoms with Crippen LogP contribution in [0.5, 0.6) is 0 Å². The predicted molar refractivity (Wildman–Crippen MR) is 115 cm³/mol. The number of para-hydroxylation sites is 1. The van der Waals surface area contributed by atoms with Crippen molar-refractivity contribution in [1.82, 2.24) is 0 Å². The maximum absolute atomic E-state index is 12.7. The number of fused-ring (bicyclic) bond motifs is 1. The van der Waals surface area contributed by atoms with E-state index in [1.54, 1.807) is 12.1 Å². The summed E-state index contributed by atoms with van der Waals surface area (Å²) in [4.78, 5) is 14.6. The Balaban J connectivity index is 1.68. The van der Waals surface area contributed by atoms with Crippen LogP contribution in [-0.4, -0.2) is 33.7 Å². The molecule has 0 saturated carbocycles. The van der Waals surface area contributed by atoms with E-state index in [-0.39, 0.29) is 23.9 Å². The molecule has 0 bridgehead atoms. The highest BCUT2D eigenvalue weighted by Gasteiger charge is 2.23. The molecule has 0 aliphatic carbocycles. The molecule has 1 aliphatic heterocycles. The van der Waals surface area contributed by atoms with E-state index in [0.29, 0.717) is 23.7 Å². The van der Waals surface area contributed by atoms with Crippen LogP contribution in [0.15, 0.2) is 42.5 Å². The Morgan fingerprint density at radius 2 is 1.89 bits per heavy atom. The second kappa shape index (κ2) is 8.72. The molecule has 0 spiro atoms. The summed E-state index contributed by atoms with van der Waals surface area (Å²) < 4.78 is 25.7. The van der Waals surface area contributed by atoms with E-state index in [2.05, 4.69) is 0 Å². The number of carbonyl (C=O) groups excluding carboxylic acids is 1. The standard InChI is InChI=1S/C20H22Cl2N2O3S/c1-28(26,27)24(16-10-11-17(21)18(22)14-16)13-5-9-20(25)23-12-4-7-15-6-2-3-8-19(15)23/h2-3,6,8,10-11,14H,4-5,7,9,12-13H2,1H3. The average Bonchev–Trinajstić information content (AvgIpc) is 2.66. The Labute approximate surface area is 175 Å². The minimum absolute atomic E-state index is 0.00902. The fraction of sp³-hybridized carbons (Fsp3) is 0.350. The van der Waals surface area contributed by atoms with E-state index >= 15 is 0 Å². The number of halogens is 2. The van der Waals surface area contributed by atoms with Crippen LogP contribution in [0.1, 0.15) is 24.8 Å². The molecule has 0 radical (unpaired) electrons. The van der Waals surface area contributed by atoms with E-state index in [0.717, 1.165) is 24.8 Å². The first-order chi connectivity index (χ1) is 13.3. The number of carbonyl (C=O) groups is 1. The Kier molecular flexibility index (Phi) is 6.53. The van der Waals surface area contributed by atoms with Gasteiger partial charge < -0.3 is 4.90 Å². The van der Waals surface area contributed by atoms with Gasteiger partial charge in [0.15, 0.2) is 0 Å². The Hall–Kier alpha value is -1.76. The molecule has 0 saturated heterocycles. The third kappa shape index (κ3) is 4.80. The van der Waals surface area contributed by atoms with Crippen LogP contribution in [0.2, 0.25) is 10.0 Å². The van der Waals surface area contributed by atoms with Gasteiger partial charge in [-0.2, -0.15) is 0 Å². The van der Waals surface area contributed by atoms with E-state index in [1.165, 1.54) is 15.9 Å². The zero-order valence-corrected chi connectivity index (χ0v) is 17.9. The van der Waals surface area contributed by atoms with Gasteiger partial charge in [0.05, 0.1) is 22.0 Å². The summed E-state index contributed by atoms with van der Waals surface area (Å²) in [5.41, 5.74) is 2.58. The predicted octanol–water partition coefficient (Wildman–Crippen LogP) is 4.52. The fourth-order valence-corrected chi connectivity index (χ4v) is 4.68. The monoisotopic (exact) mass is 440 g/mol. The third-order valence-electron chi connectivity index (χ3n) is 4.75. The van der Waals surface area contributed by atoms with Gasteiger partial charge in [-0.3, -0.25) is 9.10 Å². The minimum atomic E-state index is -3.51. The summed E-state index contributed by atoms with van der Waals surface area (Å²) in [5, 5.41) is 0.645. The number of nitrogens with zero attached hydrogens (tertiary/aromatic N) is 2. The lowest BCUT2D eigenvalue weighted by Crippen LogP contribution is -2.36. The van der Waals surface area contributed by atoms with E-state index in [4.69, 9.17) is 23.2 Å². The number of hydrogen-bond donors (Lipinski definition) is 0. The number of benzene rings is 2. The van der Waals surface area contributed by atoms with Gasteiger partial charge in [-0.05, 0) is 49.1 Å². The number of aryl methyl sites for hydroxylation is 1. The van der Waals surface area contributed by atoms with Crippen LogP contribution in [-0.2, 0) is 21.2 Å². The van der Waals surface area contributed by atoms with Crippen LogP contribution in [0.4, 0.5) is 11.4 Å². The zero-order chi connectivity index (χ0) is 20.3. The molecule has 0 N–H and O–H groups in total. The van der Waals surface area contributed by atoms with Crippen molar-refractivity contribution >= 4 is 50.5 Å². The summed E-state index contributed by atoms with van der Waals surface area (Å²) >= 11 is 12.0. The van der Waals surface area contributed by atoms with Gasteiger partial charge in [-0.1, -0.05) is 41.4 Å². The molecule has 2 aromatic rings. The molecule has 5 nitrogen and oxygen atoms in total. The summed E-state index contributed by atoms with van der Waals surface area (Å²) in [6, 6.07) is 12.6. The molecule has 3 rings (SSSR count). The summed E-state index contributed by atoms with van der Waals surface area (Å²) in [6.45, 7) is 0.885. The van der Waals surface area contributed by atoms with Gasteiger partial charge in [0.2, 0.25) is 15.9 Å². The number of rotatable bonds is 6. The molecule has 1 aliphatic rings. The van der Waals surface area contributed by atoms with Gasteiger partial charge in [0.1, 0.15) is 0 Å². The van der Waals surface area contributed by atoms with Crippen LogP contribution in [0.3, 0.4) is 0 Å². The molecule has 2 aromatic carbocycles. The molecule has 28 heavy (non-hydrogen) atoms. The van der Waals surface area contributed by atoms with Gasteiger partial charge in [-0.25, -0.2) is 8.42 Å². The van der Waals surface area contributed by atoms with E-state index in [1.807, 2.05) is 29.2 Å². The molecule has 1 heterocycles. The summed E-state index contributed by atoms with van der Waals surface area (Å²) in [5.74, 6) is 0.00902. The second-order valence-corrected chi connectivity index (χ2v) is 9.54. The van der Waals surface area contributed by atoms with Crippen molar-refractivity contribution in [2.45, 2.75) is 25.7 Å². The summed E-state index contributed by atoms with van der Waals surface area (Å²) in [6.07, 6.45) is 3.71. The molecular formula is C20H22Cl2N2O3S. The zero-order valence-electron chi connectivity index (χ0n) is 15.6. The van der Waals surface area contributed by atoms with Crippen LogP contribution >= 0.6 is 23.2 Å². The first kappa shape index (κ1) is 21.0. The highest BCUT2D eigenvalue weighted by atomic mass is 35.5. The molecule has 1 amide bonds. The van der Waals surface area contributed by atoms with Crippen LogP contribution in [0.25, 0.3) is 0 Å². The minimum Gasteiger partial charge on any atom is -0.312 e. The molecule has 150 valence electrons. The number of amides is 1. The lowest BCUT2D eigenvalue weighted by Gasteiger charge is -2.30. The smallest absolute Gasteiger partial charge is 0.232 e. The van der Waals surface area contributed by atoms with Gasteiger partial charge >= 0.3 is 0 Å². The number of hydrogen-bond acceptors (Lipinski definition) is 3. The van der Waals surface area contributed by atoms with E-state index in [9.17, 15) is 13.2 Å². The van der Waals surface area contributed by atoms with Crippen molar-refractivity contribution in [1.29, 1.82) is 0 Å². The van der Waals surface area contributed by atoms with Crippen molar-refractivity contribution in [3.63, 3.8) is 0 Å². The van der Waals surface area contributed by atoms with E-state index < -0.39 is 10.0 Å². The topological polar surface area (TPSA) is 57.7 Å². The lowest BCUT2D eigenvalue weighted by atomic mass is 10.0. The largest absolute Gasteiger partial charge is 0.312 e. The Bertz CT molecular complexity index is 979. The molecule has 0 fully saturated rings. The quantitative estimate of drug-likeness (QED) is 0.663. The van der Waals surface area contributed by atoms with Crippen LogP contribution in [0, 0.1) is 0 Å². The normalized spacial score (nSPS) is 13.9. The van der Waals surface area contributed by atoms with Gasteiger partial charge in [0.25, 0.3) is 0 Å². The fourth-order valence-electron chi connectivity index (χ4n) is 3.43. The van der Waals surface area contributed by atoms with Crippen molar-refractivity contribution in [2.24, 2.45) is 0 Å².